The highest BCUT2D eigenvalue weighted by Gasteiger charge is 2.30. The molecule has 2 atom stereocenters. The van der Waals surface area contributed by atoms with Crippen LogP contribution in [-0.2, 0) is 4.79 Å². The van der Waals surface area contributed by atoms with Crippen molar-refractivity contribution in [1.29, 1.82) is 0 Å². The van der Waals surface area contributed by atoms with Crippen molar-refractivity contribution in [1.82, 2.24) is 15.5 Å². The summed E-state index contributed by atoms with van der Waals surface area (Å²) in [5.41, 5.74) is -0.143. The number of hydrogen-bond acceptors (Lipinski definition) is 3. The standard InChI is InChI=1S/C13H27N3O.ClH/c1-10(12(17)15-13(2,3)4)16-7-6-11(9-16)8-14-5;/h10-11,14H,6-9H2,1-5H3,(H,15,17);1H. The van der Waals surface area contributed by atoms with Gasteiger partial charge < -0.3 is 10.6 Å². The molecule has 0 aromatic carbocycles. The molecule has 4 nitrogen and oxygen atoms in total. The SMILES string of the molecule is CNCC1CCN(C(C)C(=O)NC(C)(C)C)C1.Cl. The first kappa shape index (κ1) is 17.7. The molecule has 1 amide bonds. The molecule has 1 fully saturated rings. The van der Waals surface area contributed by atoms with Gasteiger partial charge in [-0.25, -0.2) is 0 Å². The van der Waals surface area contributed by atoms with Crippen molar-refractivity contribution >= 4 is 18.3 Å². The highest BCUT2D eigenvalue weighted by molar-refractivity contribution is 5.85. The fourth-order valence-corrected chi connectivity index (χ4v) is 2.31. The Kier molecular flexibility index (Phi) is 7.18. The zero-order valence-electron chi connectivity index (χ0n) is 12.2. The molecule has 1 aliphatic rings. The molecule has 1 rings (SSSR count). The first-order chi connectivity index (χ1) is 7.83. The van der Waals surface area contributed by atoms with E-state index in [4.69, 9.17) is 0 Å². The van der Waals surface area contributed by atoms with Crippen molar-refractivity contribution in [2.45, 2.75) is 45.7 Å². The minimum Gasteiger partial charge on any atom is -0.350 e. The second-order valence-corrected chi connectivity index (χ2v) is 6.12. The van der Waals surface area contributed by atoms with Gasteiger partial charge in [0, 0.05) is 12.1 Å². The molecule has 1 aliphatic heterocycles. The lowest BCUT2D eigenvalue weighted by Crippen LogP contribution is -2.50. The monoisotopic (exact) mass is 277 g/mol. The van der Waals surface area contributed by atoms with Gasteiger partial charge in [0.1, 0.15) is 0 Å². The van der Waals surface area contributed by atoms with Crippen molar-refractivity contribution in [2.75, 3.05) is 26.7 Å². The van der Waals surface area contributed by atoms with Gasteiger partial charge in [-0.1, -0.05) is 0 Å². The maximum atomic E-state index is 12.0. The molecular formula is C13H28ClN3O. The number of rotatable bonds is 4. The number of hydrogen-bond donors (Lipinski definition) is 2. The summed E-state index contributed by atoms with van der Waals surface area (Å²) in [6.07, 6.45) is 1.19. The summed E-state index contributed by atoms with van der Waals surface area (Å²) in [5.74, 6) is 0.826. The minimum atomic E-state index is -0.143. The Bertz CT molecular complexity index is 265. The van der Waals surface area contributed by atoms with Gasteiger partial charge >= 0.3 is 0 Å². The average Bonchev–Trinajstić information content (AvgIpc) is 2.63. The van der Waals surface area contributed by atoms with E-state index in [1.165, 1.54) is 6.42 Å². The first-order valence-corrected chi connectivity index (χ1v) is 6.54. The summed E-state index contributed by atoms with van der Waals surface area (Å²) in [7, 11) is 1.98. The van der Waals surface area contributed by atoms with Crippen LogP contribution in [0.1, 0.15) is 34.1 Å². The molecule has 0 spiro atoms. The maximum absolute atomic E-state index is 12.0. The first-order valence-electron chi connectivity index (χ1n) is 6.54. The van der Waals surface area contributed by atoms with Gasteiger partial charge in [-0.05, 0) is 60.2 Å². The van der Waals surface area contributed by atoms with Crippen LogP contribution in [0.5, 0.6) is 0 Å². The largest absolute Gasteiger partial charge is 0.350 e. The van der Waals surface area contributed by atoms with Gasteiger partial charge in [0.05, 0.1) is 6.04 Å². The maximum Gasteiger partial charge on any atom is 0.237 e. The van der Waals surface area contributed by atoms with Crippen molar-refractivity contribution in [3.63, 3.8) is 0 Å². The molecule has 0 bridgehead atoms. The number of carbonyl (C=O) groups excluding carboxylic acids is 1. The van der Waals surface area contributed by atoms with Crippen molar-refractivity contribution < 1.29 is 4.79 Å². The van der Waals surface area contributed by atoms with Crippen LogP contribution in [0.3, 0.4) is 0 Å². The van der Waals surface area contributed by atoms with Crippen LogP contribution in [0.2, 0.25) is 0 Å². The zero-order chi connectivity index (χ0) is 13.1. The van der Waals surface area contributed by atoms with E-state index in [-0.39, 0.29) is 29.9 Å². The van der Waals surface area contributed by atoms with E-state index in [0.29, 0.717) is 5.92 Å². The minimum absolute atomic E-state index is 0. The molecular weight excluding hydrogens is 250 g/mol. The molecule has 0 radical (unpaired) electrons. The van der Waals surface area contributed by atoms with E-state index in [2.05, 4.69) is 15.5 Å². The molecule has 2 unspecified atom stereocenters. The predicted molar refractivity (Wildman–Crippen MR) is 78.2 cm³/mol. The fourth-order valence-electron chi connectivity index (χ4n) is 2.31. The lowest BCUT2D eigenvalue weighted by atomic mass is 10.1. The average molecular weight is 278 g/mol. The van der Waals surface area contributed by atoms with E-state index in [0.717, 1.165) is 19.6 Å². The van der Waals surface area contributed by atoms with Crippen LogP contribution in [-0.4, -0.2) is 49.1 Å². The number of amides is 1. The van der Waals surface area contributed by atoms with Gasteiger partial charge in [-0.3, -0.25) is 9.69 Å². The Morgan fingerprint density at radius 3 is 2.56 bits per heavy atom. The smallest absolute Gasteiger partial charge is 0.237 e. The van der Waals surface area contributed by atoms with Crippen LogP contribution in [0.15, 0.2) is 0 Å². The topological polar surface area (TPSA) is 44.4 Å². The third kappa shape index (κ3) is 5.55. The summed E-state index contributed by atoms with van der Waals surface area (Å²) in [5, 5.41) is 6.26. The summed E-state index contributed by atoms with van der Waals surface area (Å²) >= 11 is 0. The second-order valence-electron chi connectivity index (χ2n) is 6.12. The van der Waals surface area contributed by atoms with Crippen LogP contribution in [0, 0.1) is 5.92 Å². The second kappa shape index (κ2) is 7.31. The number of carbonyl (C=O) groups is 1. The highest BCUT2D eigenvalue weighted by atomic mass is 35.5. The van der Waals surface area contributed by atoms with Crippen LogP contribution >= 0.6 is 12.4 Å². The summed E-state index contributed by atoms with van der Waals surface area (Å²) < 4.78 is 0. The Hall–Kier alpha value is -0.320. The summed E-state index contributed by atoms with van der Waals surface area (Å²) in [6, 6.07) is -0.0175. The number of likely N-dealkylation sites (tertiary alicyclic amines) is 1. The zero-order valence-corrected chi connectivity index (χ0v) is 13.1. The third-order valence-electron chi connectivity index (χ3n) is 3.24. The molecule has 1 heterocycles. The molecule has 0 saturated carbocycles. The lowest BCUT2D eigenvalue weighted by molar-refractivity contribution is -0.127. The third-order valence-corrected chi connectivity index (χ3v) is 3.24. The molecule has 2 N–H and O–H groups in total. The van der Waals surface area contributed by atoms with Gasteiger partial charge in [0.15, 0.2) is 0 Å². The van der Waals surface area contributed by atoms with E-state index >= 15 is 0 Å². The Labute approximate surface area is 117 Å². The molecule has 0 aromatic heterocycles. The molecule has 0 aliphatic carbocycles. The predicted octanol–water partition coefficient (Wildman–Crippen LogP) is 1.25. The molecule has 0 aromatic rings. The van der Waals surface area contributed by atoms with Crippen LogP contribution < -0.4 is 10.6 Å². The lowest BCUT2D eigenvalue weighted by Gasteiger charge is -2.28. The van der Waals surface area contributed by atoms with E-state index in [1.54, 1.807) is 0 Å². The summed E-state index contributed by atoms with van der Waals surface area (Å²) in [4.78, 5) is 14.3. The normalized spacial score (nSPS) is 22.4. The van der Waals surface area contributed by atoms with E-state index in [1.807, 2.05) is 34.7 Å². The van der Waals surface area contributed by atoms with E-state index in [9.17, 15) is 4.79 Å². The molecule has 18 heavy (non-hydrogen) atoms. The molecule has 108 valence electrons. The van der Waals surface area contributed by atoms with Gasteiger partial charge in [-0.15, -0.1) is 12.4 Å². The van der Waals surface area contributed by atoms with Crippen molar-refractivity contribution in [3.05, 3.63) is 0 Å². The fraction of sp³-hybridized carbons (Fsp3) is 0.923. The Morgan fingerprint density at radius 2 is 2.06 bits per heavy atom. The van der Waals surface area contributed by atoms with Gasteiger partial charge in [0.25, 0.3) is 0 Å². The van der Waals surface area contributed by atoms with Gasteiger partial charge in [-0.2, -0.15) is 0 Å². The van der Waals surface area contributed by atoms with Crippen molar-refractivity contribution in [3.8, 4) is 0 Å². The van der Waals surface area contributed by atoms with Crippen LogP contribution in [0.25, 0.3) is 0 Å². The number of nitrogens with zero attached hydrogens (tertiary/aromatic N) is 1. The van der Waals surface area contributed by atoms with Crippen LogP contribution in [0.4, 0.5) is 0 Å². The highest BCUT2D eigenvalue weighted by Crippen LogP contribution is 2.18. The quantitative estimate of drug-likeness (QED) is 0.813. The van der Waals surface area contributed by atoms with Gasteiger partial charge in [0.2, 0.25) is 5.91 Å². The Morgan fingerprint density at radius 1 is 1.44 bits per heavy atom. The van der Waals surface area contributed by atoms with E-state index < -0.39 is 0 Å². The molecule has 5 heteroatoms. The number of nitrogens with one attached hydrogen (secondary N) is 2. The van der Waals surface area contributed by atoms with Crippen molar-refractivity contribution in [2.24, 2.45) is 5.92 Å². The molecule has 1 saturated heterocycles. The summed E-state index contributed by atoms with van der Waals surface area (Å²) in [6.45, 7) is 11.2. The Balaban J connectivity index is 0.00000289. The number of halogens is 1.